The molecule has 2 rings (SSSR count). The Labute approximate surface area is 111 Å². The third-order valence-electron chi connectivity index (χ3n) is 2.73. The van der Waals surface area contributed by atoms with Crippen LogP contribution in [0.25, 0.3) is 5.69 Å². The molecule has 0 amide bonds. The van der Waals surface area contributed by atoms with Gasteiger partial charge in [-0.25, -0.2) is 4.98 Å². The Morgan fingerprint density at radius 1 is 1.44 bits per heavy atom. The van der Waals surface area contributed by atoms with Crippen molar-refractivity contribution < 1.29 is 4.74 Å². The van der Waals surface area contributed by atoms with Gasteiger partial charge >= 0.3 is 0 Å². The normalized spacial score (nSPS) is 10.7. The molecule has 0 unspecified atom stereocenters. The molecular weight excluding hydrogens is 250 g/mol. The summed E-state index contributed by atoms with van der Waals surface area (Å²) in [6, 6.07) is 5.51. The van der Waals surface area contributed by atoms with Crippen LogP contribution in [0.15, 0.2) is 24.4 Å². The van der Waals surface area contributed by atoms with E-state index in [0.29, 0.717) is 11.6 Å². The molecular formula is C13H16ClN3O. The highest BCUT2D eigenvalue weighted by molar-refractivity contribution is 6.30. The topological polar surface area (TPSA) is 53.1 Å². The Kier molecular flexibility index (Phi) is 3.89. The van der Waals surface area contributed by atoms with Gasteiger partial charge in [-0.3, -0.25) is 0 Å². The molecule has 5 heteroatoms. The molecule has 1 aromatic heterocycles. The highest BCUT2D eigenvalue weighted by Gasteiger charge is 2.10. The Bertz CT molecular complexity index is 551. The summed E-state index contributed by atoms with van der Waals surface area (Å²) < 4.78 is 7.31. The van der Waals surface area contributed by atoms with E-state index in [2.05, 4.69) is 4.98 Å². The van der Waals surface area contributed by atoms with E-state index >= 15 is 0 Å². The largest absolute Gasteiger partial charge is 0.495 e. The van der Waals surface area contributed by atoms with Crippen LogP contribution >= 0.6 is 11.6 Å². The van der Waals surface area contributed by atoms with Gasteiger partial charge in [0.05, 0.1) is 18.5 Å². The molecule has 0 aliphatic rings. The van der Waals surface area contributed by atoms with Gasteiger partial charge in [-0.15, -0.1) is 0 Å². The van der Waals surface area contributed by atoms with Crippen molar-refractivity contribution in [3.63, 3.8) is 0 Å². The predicted molar refractivity (Wildman–Crippen MR) is 72.6 cm³/mol. The molecule has 0 saturated heterocycles. The number of rotatable bonds is 4. The molecule has 2 aromatic rings. The van der Waals surface area contributed by atoms with Gasteiger partial charge in [-0.1, -0.05) is 11.6 Å². The number of halogens is 1. The van der Waals surface area contributed by atoms with Gasteiger partial charge in [-0.05, 0) is 31.7 Å². The first-order valence-electron chi connectivity index (χ1n) is 5.74. The number of hydrogen-bond donors (Lipinski definition) is 1. The van der Waals surface area contributed by atoms with E-state index in [1.54, 1.807) is 13.2 Å². The van der Waals surface area contributed by atoms with Crippen molar-refractivity contribution in [3.8, 4) is 11.4 Å². The summed E-state index contributed by atoms with van der Waals surface area (Å²) in [7, 11) is 1.64. The lowest BCUT2D eigenvalue weighted by Crippen LogP contribution is -2.02. The zero-order chi connectivity index (χ0) is 13.1. The Morgan fingerprint density at radius 2 is 2.22 bits per heavy atom. The second-order valence-electron chi connectivity index (χ2n) is 4.00. The molecule has 1 heterocycles. The summed E-state index contributed by atoms with van der Waals surface area (Å²) in [5.41, 5.74) is 7.40. The maximum atomic E-state index is 6.03. The van der Waals surface area contributed by atoms with Crippen LogP contribution in [0.1, 0.15) is 11.5 Å². The molecule has 1 aromatic carbocycles. The summed E-state index contributed by atoms with van der Waals surface area (Å²) in [5.74, 6) is 1.65. The van der Waals surface area contributed by atoms with Crippen molar-refractivity contribution in [2.45, 2.75) is 13.3 Å². The Balaban J connectivity index is 2.50. The predicted octanol–water partition coefficient (Wildman–Crippen LogP) is 2.34. The number of imidazole rings is 1. The minimum Gasteiger partial charge on any atom is -0.495 e. The first-order chi connectivity index (χ1) is 8.65. The van der Waals surface area contributed by atoms with Gasteiger partial charge in [0, 0.05) is 17.6 Å². The van der Waals surface area contributed by atoms with Crippen LogP contribution < -0.4 is 10.5 Å². The SMILES string of the molecule is COc1ccc(Cl)cc1-n1cc(CCN)nc1C. The van der Waals surface area contributed by atoms with Crippen molar-refractivity contribution in [3.05, 3.63) is 40.9 Å². The van der Waals surface area contributed by atoms with Gasteiger partial charge in [-0.2, -0.15) is 0 Å². The number of nitrogens with zero attached hydrogens (tertiary/aromatic N) is 2. The zero-order valence-electron chi connectivity index (χ0n) is 10.5. The van der Waals surface area contributed by atoms with Crippen molar-refractivity contribution in [2.24, 2.45) is 5.73 Å². The number of ether oxygens (including phenoxy) is 1. The lowest BCUT2D eigenvalue weighted by atomic mass is 10.3. The monoisotopic (exact) mass is 265 g/mol. The smallest absolute Gasteiger partial charge is 0.142 e. The van der Waals surface area contributed by atoms with Crippen molar-refractivity contribution in [1.29, 1.82) is 0 Å². The molecule has 96 valence electrons. The van der Waals surface area contributed by atoms with Crippen LogP contribution in [-0.2, 0) is 6.42 Å². The van der Waals surface area contributed by atoms with E-state index in [9.17, 15) is 0 Å². The fourth-order valence-corrected chi connectivity index (χ4v) is 2.06. The Hall–Kier alpha value is -1.52. The summed E-state index contributed by atoms with van der Waals surface area (Å²) >= 11 is 6.03. The molecule has 0 aliphatic heterocycles. The molecule has 0 fully saturated rings. The average molecular weight is 266 g/mol. The highest BCUT2D eigenvalue weighted by Crippen LogP contribution is 2.27. The maximum Gasteiger partial charge on any atom is 0.142 e. The zero-order valence-corrected chi connectivity index (χ0v) is 11.2. The molecule has 0 bridgehead atoms. The molecule has 0 atom stereocenters. The first-order valence-corrected chi connectivity index (χ1v) is 6.12. The minimum absolute atomic E-state index is 0.586. The van der Waals surface area contributed by atoms with Gasteiger partial charge in [0.25, 0.3) is 0 Å². The number of methoxy groups -OCH3 is 1. The van der Waals surface area contributed by atoms with Gasteiger partial charge in [0.15, 0.2) is 0 Å². The van der Waals surface area contributed by atoms with E-state index in [1.807, 2.05) is 29.8 Å². The van der Waals surface area contributed by atoms with E-state index < -0.39 is 0 Å². The third kappa shape index (κ3) is 2.49. The second-order valence-corrected chi connectivity index (χ2v) is 4.44. The maximum absolute atomic E-state index is 6.03. The van der Waals surface area contributed by atoms with Crippen LogP contribution in [0.4, 0.5) is 0 Å². The average Bonchev–Trinajstić information content (AvgIpc) is 2.70. The van der Waals surface area contributed by atoms with Crippen LogP contribution in [0, 0.1) is 6.92 Å². The minimum atomic E-state index is 0.586. The third-order valence-corrected chi connectivity index (χ3v) is 2.97. The Morgan fingerprint density at radius 3 is 2.89 bits per heavy atom. The standard InChI is InChI=1S/C13H16ClN3O/c1-9-16-11(5-6-15)8-17(9)12-7-10(14)3-4-13(12)18-2/h3-4,7-8H,5-6,15H2,1-2H3. The molecule has 4 nitrogen and oxygen atoms in total. The molecule has 2 N–H and O–H groups in total. The van der Waals surface area contributed by atoms with Gasteiger partial charge in [0.2, 0.25) is 0 Å². The summed E-state index contributed by atoms with van der Waals surface area (Å²) in [6.45, 7) is 2.53. The summed E-state index contributed by atoms with van der Waals surface area (Å²) in [4.78, 5) is 4.47. The fraction of sp³-hybridized carbons (Fsp3) is 0.308. The molecule has 0 aliphatic carbocycles. The van der Waals surface area contributed by atoms with Crippen LogP contribution in [0.5, 0.6) is 5.75 Å². The number of nitrogens with two attached hydrogens (primary N) is 1. The van der Waals surface area contributed by atoms with E-state index in [4.69, 9.17) is 22.1 Å². The van der Waals surface area contributed by atoms with E-state index in [0.717, 1.165) is 29.4 Å². The molecule has 0 radical (unpaired) electrons. The fourth-order valence-electron chi connectivity index (χ4n) is 1.90. The van der Waals surface area contributed by atoms with E-state index in [-0.39, 0.29) is 0 Å². The lowest BCUT2D eigenvalue weighted by Gasteiger charge is -2.10. The lowest BCUT2D eigenvalue weighted by molar-refractivity contribution is 0.412. The van der Waals surface area contributed by atoms with Crippen LogP contribution in [-0.4, -0.2) is 23.2 Å². The van der Waals surface area contributed by atoms with Crippen molar-refractivity contribution in [1.82, 2.24) is 9.55 Å². The number of aryl methyl sites for hydroxylation is 1. The highest BCUT2D eigenvalue weighted by atomic mass is 35.5. The van der Waals surface area contributed by atoms with Crippen LogP contribution in [0.2, 0.25) is 5.02 Å². The molecule has 0 saturated carbocycles. The van der Waals surface area contributed by atoms with Crippen LogP contribution in [0.3, 0.4) is 0 Å². The molecule has 18 heavy (non-hydrogen) atoms. The molecule has 0 spiro atoms. The first kappa shape index (κ1) is 12.9. The second kappa shape index (κ2) is 5.42. The van der Waals surface area contributed by atoms with Crippen molar-refractivity contribution in [2.75, 3.05) is 13.7 Å². The summed E-state index contributed by atoms with van der Waals surface area (Å²) in [5, 5.41) is 0.666. The van der Waals surface area contributed by atoms with Gasteiger partial charge in [0.1, 0.15) is 11.6 Å². The quantitative estimate of drug-likeness (QED) is 0.923. The number of benzene rings is 1. The summed E-state index contributed by atoms with van der Waals surface area (Å²) in [6.07, 6.45) is 2.73. The number of aromatic nitrogens is 2. The van der Waals surface area contributed by atoms with Crippen molar-refractivity contribution >= 4 is 11.6 Å². The number of hydrogen-bond acceptors (Lipinski definition) is 3. The van der Waals surface area contributed by atoms with E-state index in [1.165, 1.54) is 0 Å². The van der Waals surface area contributed by atoms with Gasteiger partial charge < -0.3 is 15.0 Å².